The van der Waals surface area contributed by atoms with Crippen LogP contribution in [0, 0.1) is 0 Å². The average Bonchev–Trinajstić information content (AvgIpc) is 2.27. The molecule has 0 saturated heterocycles. The van der Waals surface area contributed by atoms with Crippen LogP contribution in [0.1, 0.15) is 18.4 Å². The minimum absolute atomic E-state index is 0.0740. The Kier molecular flexibility index (Phi) is 4.04. The first-order valence-corrected chi connectivity index (χ1v) is 7.57. The van der Waals surface area contributed by atoms with Crippen molar-refractivity contribution in [1.29, 1.82) is 0 Å². The zero-order valence-electron chi connectivity index (χ0n) is 10.7. The highest BCUT2D eigenvalue weighted by molar-refractivity contribution is 7.89. The maximum absolute atomic E-state index is 11.8. The van der Waals surface area contributed by atoms with E-state index in [0.29, 0.717) is 19.4 Å². The van der Waals surface area contributed by atoms with E-state index in [2.05, 4.69) is 0 Å². The summed E-state index contributed by atoms with van der Waals surface area (Å²) in [7, 11) is 0.0511. The van der Waals surface area contributed by atoms with E-state index >= 15 is 0 Å². The molecule has 0 unspecified atom stereocenters. The van der Waals surface area contributed by atoms with Crippen molar-refractivity contribution in [2.45, 2.75) is 30.8 Å². The van der Waals surface area contributed by atoms with Gasteiger partial charge in [-0.3, -0.25) is 0 Å². The lowest BCUT2D eigenvalue weighted by Gasteiger charge is -2.35. The van der Waals surface area contributed by atoms with E-state index in [4.69, 9.17) is 4.74 Å². The summed E-state index contributed by atoms with van der Waals surface area (Å²) in [5.41, 5.74) is 1.12. The lowest BCUT2D eigenvalue weighted by molar-refractivity contribution is -0.00714. The molecule has 0 atom stereocenters. The maximum Gasteiger partial charge on any atom is 0.216 e. The first-order chi connectivity index (χ1) is 8.50. The van der Waals surface area contributed by atoms with Crippen molar-refractivity contribution in [2.24, 2.45) is 0 Å². The molecule has 1 aromatic rings. The normalized spacial score (nSPS) is 23.9. The molecule has 18 heavy (non-hydrogen) atoms. The Hall–Kier alpha value is -0.910. The van der Waals surface area contributed by atoms with E-state index in [1.807, 2.05) is 30.3 Å². The fourth-order valence-corrected chi connectivity index (χ4v) is 3.50. The second-order valence-corrected chi connectivity index (χ2v) is 7.27. The largest absolute Gasteiger partial charge is 0.373 e. The first kappa shape index (κ1) is 13.5. The Labute approximate surface area is 109 Å². The molecular formula is C13H19NO3S. The van der Waals surface area contributed by atoms with Crippen LogP contribution in [0.3, 0.4) is 0 Å². The van der Waals surface area contributed by atoms with Gasteiger partial charge in [0.05, 0.1) is 18.0 Å². The van der Waals surface area contributed by atoms with Crippen LogP contribution in [-0.4, -0.2) is 38.2 Å². The molecule has 0 heterocycles. The van der Waals surface area contributed by atoms with Gasteiger partial charge in [0.1, 0.15) is 0 Å². The molecule has 1 aliphatic carbocycles. The number of hydrogen-bond donors (Lipinski definition) is 0. The van der Waals surface area contributed by atoms with Crippen LogP contribution in [0.2, 0.25) is 0 Å². The number of sulfonamides is 1. The lowest BCUT2D eigenvalue weighted by atomic mass is 9.95. The van der Waals surface area contributed by atoms with E-state index in [1.54, 1.807) is 14.1 Å². The Morgan fingerprint density at radius 2 is 1.83 bits per heavy atom. The van der Waals surface area contributed by atoms with Crippen LogP contribution < -0.4 is 0 Å². The molecule has 0 radical (unpaired) electrons. The van der Waals surface area contributed by atoms with Crippen molar-refractivity contribution < 1.29 is 13.2 Å². The Morgan fingerprint density at radius 3 is 2.39 bits per heavy atom. The average molecular weight is 269 g/mol. The molecule has 0 N–H and O–H groups in total. The second kappa shape index (κ2) is 5.38. The molecule has 0 bridgehead atoms. The summed E-state index contributed by atoms with van der Waals surface area (Å²) < 4.78 is 30.6. The number of nitrogens with zero attached hydrogens (tertiary/aromatic N) is 1. The van der Waals surface area contributed by atoms with Gasteiger partial charge in [-0.15, -0.1) is 0 Å². The van der Waals surface area contributed by atoms with Crippen LogP contribution in [0.4, 0.5) is 0 Å². The van der Waals surface area contributed by atoms with Gasteiger partial charge in [-0.1, -0.05) is 30.3 Å². The molecule has 0 aromatic heterocycles. The highest BCUT2D eigenvalue weighted by atomic mass is 32.2. The Balaban J connectivity index is 1.77. The van der Waals surface area contributed by atoms with Crippen molar-refractivity contribution in [3.05, 3.63) is 35.9 Å². The number of hydrogen-bond acceptors (Lipinski definition) is 3. The van der Waals surface area contributed by atoms with E-state index in [0.717, 1.165) is 5.56 Å². The molecule has 1 saturated carbocycles. The molecule has 1 fully saturated rings. The van der Waals surface area contributed by atoms with Crippen LogP contribution in [0.25, 0.3) is 0 Å². The molecule has 0 amide bonds. The fraction of sp³-hybridized carbons (Fsp3) is 0.538. The molecule has 4 nitrogen and oxygen atoms in total. The van der Waals surface area contributed by atoms with Gasteiger partial charge in [-0.05, 0) is 18.4 Å². The summed E-state index contributed by atoms with van der Waals surface area (Å²) in [6, 6.07) is 9.92. The number of rotatable bonds is 5. The van der Waals surface area contributed by atoms with E-state index in [-0.39, 0.29) is 11.4 Å². The van der Waals surface area contributed by atoms with Crippen molar-refractivity contribution in [3.63, 3.8) is 0 Å². The molecule has 1 aliphatic rings. The molecular weight excluding hydrogens is 250 g/mol. The van der Waals surface area contributed by atoms with Crippen LogP contribution in [0.15, 0.2) is 30.3 Å². The maximum atomic E-state index is 11.8. The van der Waals surface area contributed by atoms with E-state index < -0.39 is 10.0 Å². The quantitative estimate of drug-likeness (QED) is 0.816. The van der Waals surface area contributed by atoms with Gasteiger partial charge >= 0.3 is 0 Å². The number of ether oxygens (including phenoxy) is 1. The molecule has 2 rings (SSSR count). The predicted molar refractivity (Wildman–Crippen MR) is 70.6 cm³/mol. The summed E-state index contributed by atoms with van der Waals surface area (Å²) in [6.07, 6.45) is 1.28. The smallest absolute Gasteiger partial charge is 0.216 e. The standard InChI is InChI=1S/C13H19NO3S/c1-14(2)18(15,16)13-8-12(9-13)17-10-11-6-4-3-5-7-11/h3-7,12-13H,8-10H2,1-2H3/t12-,13-. The Bertz CT molecular complexity index is 478. The van der Waals surface area contributed by atoms with E-state index in [9.17, 15) is 8.42 Å². The fourth-order valence-electron chi connectivity index (χ4n) is 1.98. The molecule has 1 aromatic carbocycles. The molecule has 5 heteroatoms. The molecule has 100 valence electrons. The van der Waals surface area contributed by atoms with Gasteiger partial charge in [-0.25, -0.2) is 12.7 Å². The topological polar surface area (TPSA) is 46.6 Å². The third-order valence-corrected chi connectivity index (χ3v) is 5.56. The van der Waals surface area contributed by atoms with Crippen molar-refractivity contribution in [2.75, 3.05) is 14.1 Å². The zero-order chi connectivity index (χ0) is 13.2. The minimum atomic E-state index is -3.10. The van der Waals surface area contributed by atoms with Crippen LogP contribution in [0.5, 0.6) is 0 Å². The third kappa shape index (κ3) is 2.91. The highest BCUT2D eigenvalue weighted by Crippen LogP contribution is 2.31. The molecule has 0 aliphatic heterocycles. The van der Waals surface area contributed by atoms with Crippen molar-refractivity contribution in [1.82, 2.24) is 4.31 Å². The van der Waals surface area contributed by atoms with Crippen molar-refractivity contribution >= 4 is 10.0 Å². The minimum Gasteiger partial charge on any atom is -0.373 e. The van der Waals surface area contributed by atoms with Gasteiger partial charge in [-0.2, -0.15) is 0 Å². The summed E-state index contributed by atoms with van der Waals surface area (Å²) >= 11 is 0. The monoisotopic (exact) mass is 269 g/mol. The van der Waals surface area contributed by atoms with Crippen molar-refractivity contribution in [3.8, 4) is 0 Å². The van der Waals surface area contributed by atoms with Gasteiger partial charge in [0.25, 0.3) is 0 Å². The van der Waals surface area contributed by atoms with Crippen LogP contribution >= 0.6 is 0 Å². The second-order valence-electron chi connectivity index (χ2n) is 4.84. The molecule has 0 spiro atoms. The van der Waals surface area contributed by atoms with Gasteiger partial charge in [0, 0.05) is 14.1 Å². The summed E-state index contributed by atoms with van der Waals surface area (Å²) in [6.45, 7) is 0.556. The Morgan fingerprint density at radius 1 is 1.22 bits per heavy atom. The van der Waals surface area contributed by atoms with Crippen LogP contribution in [-0.2, 0) is 21.4 Å². The number of benzene rings is 1. The summed E-state index contributed by atoms with van der Waals surface area (Å²) in [5.74, 6) is 0. The highest BCUT2D eigenvalue weighted by Gasteiger charge is 2.40. The SMILES string of the molecule is CN(C)S(=O)(=O)[C@H]1C[C@H](OCc2ccccc2)C1. The summed E-state index contributed by atoms with van der Waals surface area (Å²) in [5, 5.41) is -0.270. The van der Waals surface area contributed by atoms with Gasteiger partial charge in [0.2, 0.25) is 10.0 Å². The first-order valence-electron chi connectivity index (χ1n) is 6.07. The lowest BCUT2D eigenvalue weighted by Crippen LogP contribution is -2.45. The zero-order valence-corrected chi connectivity index (χ0v) is 11.6. The third-order valence-electron chi connectivity index (χ3n) is 3.31. The van der Waals surface area contributed by atoms with Gasteiger partial charge in [0.15, 0.2) is 0 Å². The van der Waals surface area contributed by atoms with Gasteiger partial charge < -0.3 is 4.74 Å². The summed E-state index contributed by atoms with van der Waals surface area (Å²) in [4.78, 5) is 0. The van der Waals surface area contributed by atoms with E-state index in [1.165, 1.54) is 4.31 Å². The predicted octanol–water partition coefficient (Wildman–Crippen LogP) is 1.63.